The molecule has 1 aliphatic rings. The van der Waals surface area contributed by atoms with Crippen LogP contribution >= 0.6 is 0 Å². The first-order chi connectivity index (χ1) is 12.7. The van der Waals surface area contributed by atoms with Gasteiger partial charge >= 0.3 is 0 Å². The molecule has 0 saturated carbocycles. The number of anilines is 2. The molecule has 3 aromatic rings. The van der Waals surface area contributed by atoms with E-state index in [1.807, 2.05) is 60.5 Å². The summed E-state index contributed by atoms with van der Waals surface area (Å²) >= 11 is 0. The van der Waals surface area contributed by atoms with Crippen molar-refractivity contribution in [2.24, 2.45) is 5.10 Å². The van der Waals surface area contributed by atoms with Crippen LogP contribution in [0.1, 0.15) is 23.7 Å². The normalized spacial score (nSPS) is 16.4. The molecule has 2 heterocycles. The molecule has 0 saturated heterocycles. The zero-order chi connectivity index (χ0) is 17.9. The van der Waals surface area contributed by atoms with E-state index in [0.29, 0.717) is 18.0 Å². The molecule has 1 unspecified atom stereocenters. The second-order valence-corrected chi connectivity index (χ2v) is 6.25. The van der Waals surface area contributed by atoms with Gasteiger partial charge in [0, 0.05) is 18.2 Å². The minimum Gasteiger partial charge on any atom is -0.304 e. The maximum atomic E-state index is 12.7. The van der Waals surface area contributed by atoms with Crippen LogP contribution in [0.15, 0.2) is 71.8 Å². The molecule has 2 aromatic carbocycles. The highest BCUT2D eigenvalue weighted by atomic mass is 16.2. The van der Waals surface area contributed by atoms with Gasteiger partial charge in [0.25, 0.3) is 5.91 Å². The number of aromatic nitrogens is 2. The van der Waals surface area contributed by atoms with Crippen molar-refractivity contribution in [3.8, 4) is 0 Å². The number of aryl methyl sites for hydroxylation is 1. The summed E-state index contributed by atoms with van der Waals surface area (Å²) in [7, 11) is 0. The predicted octanol–water partition coefficient (Wildman–Crippen LogP) is 3.66. The lowest BCUT2D eigenvalue weighted by atomic mass is 10.0. The number of hydrogen-bond acceptors (Lipinski definition) is 4. The molecule has 0 radical (unpaired) electrons. The van der Waals surface area contributed by atoms with Crippen molar-refractivity contribution < 1.29 is 4.79 Å². The van der Waals surface area contributed by atoms with Gasteiger partial charge in [-0.25, -0.2) is 0 Å². The van der Waals surface area contributed by atoms with Crippen LogP contribution in [0.5, 0.6) is 0 Å². The first kappa shape index (κ1) is 16.1. The fourth-order valence-electron chi connectivity index (χ4n) is 3.07. The number of hydrazone groups is 1. The number of H-pyrrole nitrogens is 1. The number of amides is 1. The van der Waals surface area contributed by atoms with Gasteiger partial charge in [-0.2, -0.15) is 10.2 Å². The van der Waals surface area contributed by atoms with Crippen LogP contribution in [0.25, 0.3) is 0 Å². The molecule has 1 aromatic heterocycles. The van der Waals surface area contributed by atoms with Gasteiger partial charge in [0.2, 0.25) is 0 Å². The van der Waals surface area contributed by atoms with Crippen molar-refractivity contribution in [3.63, 3.8) is 0 Å². The lowest BCUT2D eigenvalue weighted by molar-refractivity contribution is -0.110. The van der Waals surface area contributed by atoms with E-state index in [1.54, 1.807) is 6.07 Å². The summed E-state index contributed by atoms with van der Waals surface area (Å²) in [4.78, 5) is 12.7. The Labute approximate surface area is 151 Å². The van der Waals surface area contributed by atoms with Crippen LogP contribution in [0.3, 0.4) is 0 Å². The molecule has 6 heteroatoms. The molecule has 1 amide bonds. The van der Waals surface area contributed by atoms with Gasteiger partial charge in [-0.05, 0) is 24.6 Å². The molecule has 0 bridgehead atoms. The van der Waals surface area contributed by atoms with E-state index in [4.69, 9.17) is 0 Å². The van der Waals surface area contributed by atoms with E-state index in [9.17, 15) is 4.79 Å². The number of rotatable bonds is 4. The molecule has 1 atom stereocenters. The van der Waals surface area contributed by atoms with Crippen LogP contribution in [0, 0.1) is 6.92 Å². The highest BCUT2D eigenvalue weighted by Gasteiger charge is 2.32. The van der Waals surface area contributed by atoms with Crippen molar-refractivity contribution >= 4 is 23.1 Å². The Bertz CT molecular complexity index is 933. The summed E-state index contributed by atoms with van der Waals surface area (Å²) in [6.45, 7) is 1.89. The predicted molar refractivity (Wildman–Crippen MR) is 102 cm³/mol. The zero-order valence-corrected chi connectivity index (χ0v) is 14.4. The molecule has 2 N–H and O–H groups in total. The van der Waals surface area contributed by atoms with Gasteiger partial charge in [0.1, 0.15) is 5.71 Å². The molecule has 26 heavy (non-hydrogen) atoms. The maximum absolute atomic E-state index is 12.7. The fraction of sp³-hybridized carbons (Fsp3) is 0.150. The van der Waals surface area contributed by atoms with Gasteiger partial charge < -0.3 is 5.32 Å². The fourth-order valence-corrected chi connectivity index (χ4v) is 3.07. The average Bonchev–Trinajstić information content (AvgIpc) is 3.30. The summed E-state index contributed by atoms with van der Waals surface area (Å²) in [6, 6.07) is 21.8. The number of para-hydroxylation sites is 1. The summed E-state index contributed by atoms with van der Waals surface area (Å²) in [5.74, 6) is 0.278. The lowest BCUT2D eigenvalue weighted by Crippen LogP contribution is -2.22. The number of nitrogens with one attached hydrogen (secondary N) is 2. The number of carbonyl (C=O) groups excluding carboxylic acids is 1. The summed E-state index contributed by atoms with van der Waals surface area (Å²) < 4.78 is 0. The van der Waals surface area contributed by atoms with Gasteiger partial charge in [0.15, 0.2) is 5.82 Å². The Balaban J connectivity index is 1.62. The van der Waals surface area contributed by atoms with Crippen LogP contribution in [0.4, 0.5) is 11.5 Å². The topological polar surface area (TPSA) is 73.4 Å². The molecule has 0 aliphatic carbocycles. The van der Waals surface area contributed by atoms with Gasteiger partial charge in [-0.1, -0.05) is 48.5 Å². The smallest absolute Gasteiger partial charge is 0.273 e. The van der Waals surface area contributed by atoms with E-state index in [-0.39, 0.29) is 11.9 Å². The van der Waals surface area contributed by atoms with Crippen LogP contribution in [-0.2, 0) is 4.79 Å². The largest absolute Gasteiger partial charge is 0.304 e. The average molecular weight is 345 g/mol. The van der Waals surface area contributed by atoms with Crippen molar-refractivity contribution in [3.05, 3.63) is 78.0 Å². The summed E-state index contributed by atoms with van der Waals surface area (Å²) in [5, 5.41) is 16.2. The third-order valence-electron chi connectivity index (χ3n) is 4.33. The monoisotopic (exact) mass is 345 g/mol. The summed E-state index contributed by atoms with van der Waals surface area (Å²) in [5.41, 5.74) is 3.46. The first-order valence-electron chi connectivity index (χ1n) is 8.51. The SMILES string of the molecule is Cc1cc(NC(=O)C2=NN(c3ccccc3)C(c3ccccc3)C2)n[nH]1. The third kappa shape index (κ3) is 3.21. The van der Waals surface area contributed by atoms with E-state index < -0.39 is 0 Å². The van der Waals surface area contributed by atoms with Crippen LogP contribution < -0.4 is 10.3 Å². The Hall–Kier alpha value is -3.41. The Morgan fingerprint density at radius 3 is 2.46 bits per heavy atom. The zero-order valence-electron chi connectivity index (χ0n) is 14.4. The minimum absolute atomic E-state index is 0.0136. The first-order valence-corrected chi connectivity index (χ1v) is 8.51. The molecule has 4 rings (SSSR count). The Morgan fingerprint density at radius 1 is 1.12 bits per heavy atom. The van der Waals surface area contributed by atoms with E-state index in [2.05, 4.69) is 32.7 Å². The highest BCUT2D eigenvalue weighted by Crippen LogP contribution is 2.35. The quantitative estimate of drug-likeness (QED) is 0.758. The lowest BCUT2D eigenvalue weighted by Gasteiger charge is -2.23. The second-order valence-electron chi connectivity index (χ2n) is 6.25. The molecule has 130 valence electrons. The number of nitrogens with zero attached hydrogens (tertiary/aromatic N) is 3. The number of benzene rings is 2. The van der Waals surface area contributed by atoms with E-state index >= 15 is 0 Å². The van der Waals surface area contributed by atoms with Crippen LogP contribution in [0.2, 0.25) is 0 Å². The molecule has 6 nitrogen and oxygen atoms in total. The Morgan fingerprint density at radius 2 is 1.81 bits per heavy atom. The van der Waals surface area contributed by atoms with Crippen molar-refractivity contribution in [1.29, 1.82) is 0 Å². The molecule has 1 aliphatic heterocycles. The highest BCUT2D eigenvalue weighted by molar-refractivity contribution is 6.43. The van der Waals surface area contributed by atoms with Gasteiger partial charge in [0.05, 0.1) is 11.7 Å². The number of hydrogen-bond donors (Lipinski definition) is 2. The van der Waals surface area contributed by atoms with Gasteiger partial charge in [-0.15, -0.1) is 0 Å². The second kappa shape index (κ2) is 6.84. The standard InChI is InChI=1S/C20H19N5O/c1-14-12-19(23-22-14)21-20(26)17-13-18(15-8-4-2-5-9-15)25(24-17)16-10-6-3-7-11-16/h2-12,18H,13H2,1H3,(H2,21,22,23,26). The van der Waals surface area contributed by atoms with Crippen molar-refractivity contribution in [2.75, 3.05) is 10.3 Å². The van der Waals surface area contributed by atoms with Crippen molar-refractivity contribution in [1.82, 2.24) is 10.2 Å². The summed E-state index contributed by atoms with van der Waals surface area (Å²) in [6.07, 6.45) is 0.536. The van der Waals surface area contributed by atoms with Gasteiger partial charge in [-0.3, -0.25) is 14.9 Å². The third-order valence-corrected chi connectivity index (χ3v) is 4.33. The van der Waals surface area contributed by atoms with Crippen LogP contribution in [-0.4, -0.2) is 21.8 Å². The molecule has 0 spiro atoms. The van der Waals surface area contributed by atoms with E-state index in [0.717, 1.165) is 16.9 Å². The molecular weight excluding hydrogens is 326 g/mol. The van der Waals surface area contributed by atoms with Crippen molar-refractivity contribution in [2.45, 2.75) is 19.4 Å². The number of carbonyl (C=O) groups is 1. The van der Waals surface area contributed by atoms with E-state index in [1.165, 1.54) is 0 Å². The maximum Gasteiger partial charge on any atom is 0.273 e. The Kier molecular flexibility index (Phi) is 4.23. The number of aromatic amines is 1. The molecule has 0 fully saturated rings. The minimum atomic E-state index is -0.226. The molecular formula is C20H19N5O.